The van der Waals surface area contributed by atoms with Crippen molar-refractivity contribution in [1.29, 1.82) is 0 Å². The minimum atomic E-state index is -0.0967. The number of anilines is 1. The summed E-state index contributed by atoms with van der Waals surface area (Å²) in [6, 6.07) is 8.05. The predicted molar refractivity (Wildman–Crippen MR) is 78.5 cm³/mol. The zero-order valence-electron chi connectivity index (χ0n) is 11.8. The Bertz CT molecular complexity index is 425. The maximum Gasteiger partial charge on any atom is 0.319 e. The fraction of sp³-hybridized carbons (Fsp3) is 0.533. The van der Waals surface area contributed by atoms with Crippen LogP contribution in [0.3, 0.4) is 0 Å². The molecule has 2 N–H and O–H groups in total. The summed E-state index contributed by atoms with van der Waals surface area (Å²) >= 11 is 0. The van der Waals surface area contributed by atoms with Gasteiger partial charge in [0.05, 0.1) is 0 Å². The second-order valence-corrected chi connectivity index (χ2v) is 5.18. The molecule has 2 rings (SSSR count). The third-order valence-electron chi connectivity index (χ3n) is 3.65. The lowest BCUT2D eigenvalue weighted by Crippen LogP contribution is -2.45. The summed E-state index contributed by atoms with van der Waals surface area (Å²) in [5, 5.41) is 5.95. The number of benzene rings is 1. The van der Waals surface area contributed by atoms with Gasteiger partial charge in [-0.25, -0.2) is 4.79 Å². The Morgan fingerprint density at radius 3 is 2.74 bits per heavy atom. The Labute approximate surface area is 115 Å². The molecule has 104 valence electrons. The van der Waals surface area contributed by atoms with Crippen molar-refractivity contribution in [2.24, 2.45) is 0 Å². The largest absolute Gasteiger partial charge is 0.335 e. The summed E-state index contributed by atoms with van der Waals surface area (Å²) in [4.78, 5) is 14.3. The summed E-state index contributed by atoms with van der Waals surface area (Å²) in [5.41, 5.74) is 2.00. The molecular weight excluding hydrogens is 238 g/mol. The summed E-state index contributed by atoms with van der Waals surface area (Å²) in [5.74, 6) is 0. The minimum absolute atomic E-state index is 0.0967. The van der Waals surface area contributed by atoms with Gasteiger partial charge >= 0.3 is 6.03 Å². The van der Waals surface area contributed by atoms with E-state index in [1.807, 2.05) is 31.2 Å². The molecular formula is C15H23N3O. The van der Waals surface area contributed by atoms with Gasteiger partial charge in [0, 0.05) is 24.8 Å². The van der Waals surface area contributed by atoms with Crippen molar-refractivity contribution in [3.8, 4) is 0 Å². The molecule has 4 nitrogen and oxygen atoms in total. The molecule has 0 aliphatic carbocycles. The number of rotatable bonds is 3. The normalized spacial score (nSPS) is 17.2. The third kappa shape index (κ3) is 4.24. The fourth-order valence-electron chi connectivity index (χ4n) is 2.47. The zero-order valence-corrected chi connectivity index (χ0v) is 11.8. The maximum absolute atomic E-state index is 11.9. The van der Waals surface area contributed by atoms with E-state index < -0.39 is 0 Å². The van der Waals surface area contributed by atoms with Crippen LogP contribution in [0.5, 0.6) is 0 Å². The zero-order chi connectivity index (χ0) is 13.7. The highest BCUT2D eigenvalue weighted by Crippen LogP contribution is 2.12. The molecule has 1 saturated heterocycles. The van der Waals surface area contributed by atoms with E-state index in [4.69, 9.17) is 0 Å². The summed E-state index contributed by atoms with van der Waals surface area (Å²) in [6.07, 6.45) is 2.07. The Morgan fingerprint density at radius 2 is 2.11 bits per heavy atom. The van der Waals surface area contributed by atoms with E-state index in [0.29, 0.717) is 6.04 Å². The molecule has 0 aromatic heterocycles. The van der Waals surface area contributed by atoms with Crippen LogP contribution >= 0.6 is 0 Å². The van der Waals surface area contributed by atoms with Crippen molar-refractivity contribution < 1.29 is 4.79 Å². The van der Waals surface area contributed by atoms with E-state index in [-0.39, 0.29) is 6.03 Å². The minimum Gasteiger partial charge on any atom is -0.335 e. The third-order valence-corrected chi connectivity index (χ3v) is 3.65. The topological polar surface area (TPSA) is 44.4 Å². The number of nitrogens with zero attached hydrogens (tertiary/aromatic N) is 1. The van der Waals surface area contributed by atoms with Gasteiger partial charge in [0.2, 0.25) is 0 Å². The summed E-state index contributed by atoms with van der Waals surface area (Å²) in [6.45, 7) is 7.45. The van der Waals surface area contributed by atoms with Crippen LogP contribution in [0.4, 0.5) is 10.5 Å². The Hall–Kier alpha value is -1.55. The van der Waals surface area contributed by atoms with Crippen LogP contribution < -0.4 is 10.6 Å². The van der Waals surface area contributed by atoms with Gasteiger partial charge in [-0.05, 0) is 44.0 Å². The second kappa shape index (κ2) is 6.57. The SMILES string of the molecule is CCN1CCC(NC(=O)Nc2cccc(C)c2)CC1. The molecule has 0 saturated carbocycles. The van der Waals surface area contributed by atoms with Gasteiger partial charge in [0.25, 0.3) is 0 Å². The number of aryl methyl sites for hydroxylation is 1. The highest BCUT2D eigenvalue weighted by atomic mass is 16.2. The van der Waals surface area contributed by atoms with E-state index >= 15 is 0 Å². The Morgan fingerprint density at radius 1 is 1.37 bits per heavy atom. The van der Waals surface area contributed by atoms with Gasteiger partial charge in [-0.3, -0.25) is 0 Å². The summed E-state index contributed by atoms with van der Waals surface area (Å²) < 4.78 is 0. The van der Waals surface area contributed by atoms with Crippen molar-refractivity contribution in [2.75, 3.05) is 25.0 Å². The average molecular weight is 261 g/mol. The van der Waals surface area contributed by atoms with Crippen LogP contribution in [-0.4, -0.2) is 36.6 Å². The summed E-state index contributed by atoms with van der Waals surface area (Å²) in [7, 11) is 0. The van der Waals surface area contributed by atoms with Gasteiger partial charge in [-0.1, -0.05) is 19.1 Å². The Balaban J connectivity index is 1.79. The molecule has 0 bridgehead atoms. The standard InChI is InChI=1S/C15H23N3O/c1-3-18-9-7-13(8-10-18)16-15(19)17-14-6-4-5-12(2)11-14/h4-6,11,13H,3,7-10H2,1-2H3,(H2,16,17,19). The molecule has 1 heterocycles. The van der Waals surface area contributed by atoms with Crippen LogP contribution in [0.1, 0.15) is 25.3 Å². The smallest absolute Gasteiger partial charge is 0.319 e. The van der Waals surface area contributed by atoms with Crippen molar-refractivity contribution in [3.63, 3.8) is 0 Å². The monoisotopic (exact) mass is 261 g/mol. The van der Waals surface area contributed by atoms with Gasteiger partial charge in [0.15, 0.2) is 0 Å². The maximum atomic E-state index is 11.9. The van der Waals surface area contributed by atoms with Crippen LogP contribution in [0.15, 0.2) is 24.3 Å². The highest BCUT2D eigenvalue weighted by molar-refractivity contribution is 5.89. The molecule has 1 fully saturated rings. The molecule has 1 aliphatic heterocycles. The second-order valence-electron chi connectivity index (χ2n) is 5.18. The number of nitrogens with one attached hydrogen (secondary N) is 2. The molecule has 0 atom stereocenters. The first-order chi connectivity index (χ1) is 9.17. The van der Waals surface area contributed by atoms with E-state index in [1.165, 1.54) is 0 Å². The first kappa shape index (κ1) is 13.9. The van der Waals surface area contributed by atoms with Crippen LogP contribution in [0.25, 0.3) is 0 Å². The van der Waals surface area contributed by atoms with Crippen LogP contribution in [-0.2, 0) is 0 Å². The molecule has 19 heavy (non-hydrogen) atoms. The van der Waals surface area contributed by atoms with Crippen LogP contribution in [0.2, 0.25) is 0 Å². The lowest BCUT2D eigenvalue weighted by molar-refractivity contribution is 0.203. The lowest BCUT2D eigenvalue weighted by atomic mass is 10.1. The average Bonchev–Trinajstić information content (AvgIpc) is 2.39. The van der Waals surface area contributed by atoms with E-state index in [2.05, 4.69) is 22.5 Å². The number of likely N-dealkylation sites (tertiary alicyclic amines) is 1. The van der Waals surface area contributed by atoms with Gasteiger partial charge in [-0.15, -0.1) is 0 Å². The highest BCUT2D eigenvalue weighted by Gasteiger charge is 2.19. The van der Waals surface area contributed by atoms with E-state index in [1.54, 1.807) is 0 Å². The number of carbonyl (C=O) groups is 1. The molecule has 0 unspecified atom stereocenters. The van der Waals surface area contributed by atoms with Crippen molar-refractivity contribution >= 4 is 11.7 Å². The molecule has 2 amide bonds. The van der Waals surface area contributed by atoms with Crippen molar-refractivity contribution in [3.05, 3.63) is 29.8 Å². The van der Waals surface area contributed by atoms with Gasteiger partial charge in [-0.2, -0.15) is 0 Å². The van der Waals surface area contributed by atoms with Crippen LogP contribution in [0, 0.1) is 6.92 Å². The van der Waals surface area contributed by atoms with Crippen molar-refractivity contribution in [1.82, 2.24) is 10.2 Å². The quantitative estimate of drug-likeness (QED) is 0.878. The first-order valence-electron chi connectivity index (χ1n) is 7.04. The van der Waals surface area contributed by atoms with E-state index in [9.17, 15) is 4.79 Å². The number of urea groups is 1. The molecule has 1 aliphatic rings. The van der Waals surface area contributed by atoms with E-state index in [0.717, 1.165) is 43.7 Å². The predicted octanol–water partition coefficient (Wildman–Crippen LogP) is 2.60. The molecule has 0 radical (unpaired) electrons. The number of hydrogen-bond donors (Lipinski definition) is 2. The fourth-order valence-corrected chi connectivity index (χ4v) is 2.47. The number of hydrogen-bond acceptors (Lipinski definition) is 2. The van der Waals surface area contributed by atoms with Gasteiger partial charge in [0.1, 0.15) is 0 Å². The molecule has 4 heteroatoms. The van der Waals surface area contributed by atoms with Gasteiger partial charge < -0.3 is 15.5 Å². The Kier molecular flexibility index (Phi) is 4.80. The lowest BCUT2D eigenvalue weighted by Gasteiger charge is -2.31. The molecule has 1 aromatic carbocycles. The molecule has 0 spiro atoms. The number of carbonyl (C=O) groups excluding carboxylic acids is 1. The number of amides is 2. The first-order valence-corrected chi connectivity index (χ1v) is 7.04. The molecule has 1 aromatic rings. The number of piperidine rings is 1. The van der Waals surface area contributed by atoms with Crippen molar-refractivity contribution in [2.45, 2.75) is 32.7 Å².